The van der Waals surface area contributed by atoms with Crippen molar-refractivity contribution in [3.8, 4) is 0 Å². The van der Waals surface area contributed by atoms with E-state index in [2.05, 4.69) is 41.8 Å². The molecule has 0 saturated carbocycles. The summed E-state index contributed by atoms with van der Waals surface area (Å²) in [5, 5.41) is 6.64. The van der Waals surface area contributed by atoms with Gasteiger partial charge in [0.15, 0.2) is 5.96 Å². The third-order valence-electron chi connectivity index (χ3n) is 4.83. The Labute approximate surface area is 167 Å². The highest BCUT2D eigenvalue weighted by Gasteiger charge is 2.31. The van der Waals surface area contributed by atoms with Crippen LogP contribution < -0.4 is 10.6 Å². The minimum Gasteiger partial charge on any atom is -0.354 e. The molecule has 6 nitrogen and oxygen atoms in total. The molecule has 0 spiro atoms. The Morgan fingerprint density at radius 1 is 1.14 bits per heavy atom. The van der Waals surface area contributed by atoms with E-state index in [0.717, 1.165) is 24.1 Å². The SMILES string of the molecule is Cc1ccc(CN=C(NC[C@H]2CCCN2S(C)(=O)=O)Nc2ccccc2)cc1. The molecule has 7 heteroatoms. The van der Waals surface area contributed by atoms with Gasteiger partial charge >= 0.3 is 0 Å². The van der Waals surface area contributed by atoms with Gasteiger partial charge in [0, 0.05) is 24.8 Å². The predicted octanol–water partition coefficient (Wildman–Crippen LogP) is 2.98. The second-order valence-corrected chi connectivity index (χ2v) is 9.13. The molecular weight excluding hydrogens is 372 g/mol. The van der Waals surface area contributed by atoms with Crippen molar-refractivity contribution < 1.29 is 8.42 Å². The zero-order chi connectivity index (χ0) is 20.0. The number of aryl methyl sites for hydroxylation is 1. The first kappa shape index (κ1) is 20.4. The van der Waals surface area contributed by atoms with E-state index in [1.807, 2.05) is 30.3 Å². The van der Waals surface area contributed by atoms with Crippen molar-refractivity contribution >= 4 is 21.7 Å². The van der Waals surface area contributed by atoms with Gasteiger partial charge in [-0.2, -0.15) is 4.31 Å². The topological polar surface area (TPSA) is 73.8 Å². The average molecular weight is 401 g/mol. The standard InChI is InChI=1S/C21H28N4O2S/c1-17-10-12-18(13-11-17)15-22-21(24-19-7-4-3-5-8-19)23-16-20-9-6-14-25(20)28(2,26)27/h3-5,7-8,10-13,20H,6,9,14-16H2,1-2H3,(H2,22,23,24)/t20-/m1/s1. The summed E-state index contributed by atoms with van der Waals surface area (Å²) in [6, 6.07) is 18.1. The normalized spacial score (nSPS) is 18.2. The number of hydrogen-bond donors (Lipinski definition) is 2. The number of nitrogens with zero attached hydrogens (tertiary/aromatic N) is 2. The first-order valence-corrected chi connectivity index (χ1v) is 11.4. The van der Waals surface area contributed by atoms with Gasteiger partial charge in [-0.15, -0.1) is 0 Å². The van der Waals surface area contributed by atoms with Gasteiger partial charge in [0.1, 0.15) is 0 Å². The van der Waals surface area contributed by atoms with Crippen molar-refractivity contribution in [2.75, 3.05) is 24.7 Å². The average Bonchev–Trinajstić information content (AvgIpc) is 3.15. The Morgan fingerprint density at radius 3 is 2.54 bits per heavy atom. The fourth-order valence-electron chi connectivity index (χ4n) is 3.33. The molecule has 0 radical (unpaired) electrons. The number of sulfonamides is 1. The fraction of sp³-hybridized carbons (Fsp3) is 0.381. The molecule has 3 rings (SSSR count). The van der Waals surface area contributed by atoms with E-state index >= 15 is 0 Å². The zero-order valence-corrected chi connectivity index (χ0v) is 17.2. The third kappa shape index (κ3) is 5.81. The molecule has 1 saturated heterocycles. The summed E-state index contributed by atoms with van der Waals surface area (Å²) in [5.74, 6) is 0.645. The summed E-state index contributed by atoms with van der Waals surface area (Å²) in [5.41, 5.74) is 3.28. The lowest BCUT2D eigenvalue weighted by molar-refractivity contribution is 0.388. The van der Waals surface area contributed by atoms with Crippen LogP contribution in [0.1, 0.15) is 24.0 Å². The Balaban J connectivity index is 1.70. The van der Waals surface area contributed by atoms with E-state index in [0.29, 0.717) is 25.6 Å². The summed E-state index contributed by atoms with van der Waals surface area (Å²) >= 11 is 0. The number of hydrogen-bond acceptors (Lipinski definition) is 3. The van der Waals surface area contributed by atoms with Crippen molar-refractivity contribution in [3.05, 3.63) is 65.7 Å². The Morgan fingerprint density at radius 2 is 1.86 bits per heavy atom. The van der Waals surface area contributed by atoms with E-state index in [1.165, 1.54) is 11.8 Å². The van der Waals surface area contributed by atoms with Crippen LogP contribution in [-0.2, 0) is 16.6 Å². The van der Waals surface area contributed by atoms with Gasteiger partial charge in [-0.1, -0.05) is 48.0 Å². The van der Waals surface area contributed by atoms with Crippen molar-refractivity contribution in [1.29, 1.82) is 0 Å². The molecule has 1 fully saturated rings. The number of benzene rings is 2. The zero-order valence-electron chi connectivity index (χ0n) is 16.4. The molecule has 0 bridgehead atoms. The van der Waals surface area contributed by atoms with Crippen LogP contribution in [0, 0.1) is 6.92 Å². The number of anilines is 1. The van der Waals surface area contributed by atoms with E-state index in [4.69, 9.17) is 4.99 Å². The van der Waals surface area contributed by atoms with Gasteiger partial charge in [-0.05, 0) is 37.5 Å². The number of aliphatic imine (C=N–C) groups is 1. The van der Waals surface area contributed by atoms with Gasteiger partial charge in [-0.3, -0.25) is 0 Å². The monoisotopic (exact) mass is 400 g/mol. The summed E-state index contributed by atoms with van der Waals surface area (Å²) in [6.45, 7) is 3.72. The van der Waals surface area contributed by atoms with Crippen LogP contribution in [-0.4, -0.2) is 44.1 Å². The lowest BCUT2D eigenvalue weighted by Crippen LogP contribution is -2.44. The molecule has 1 aliphatic rings. The molecular formula is C21H28N4O2S. The van der Waals surface area contributed by atoms with E-state index in [9.17, 15) is 8.42 Å². The van der Waals surface area contributed by atoms with Gasteiger partial charge in [0.2, 0.25) is 10.0 Å². The highest BCUT2D eigenvalue weighted by atomic mass is 32.2. The first-order chi connectivity index (χ1) is 13.4. The summed E-state index contributed by atoms with van der Waals surface area (Å²) in [7, 11) is -3.18. The maximum atomic E-state index is 12.0. The number of guanidine groups is 1. The lowest BCUT2D eigenvalue weighted by atomic mass is 10.1. The summed E-state index contributed by atoms with van der Waals surface area (Å²) in [4.78, 5) is 4.69. The van der Waals surface area contributed by atoms with Crippen molar-refractivity contribution in [3.63, 3.8) is 0 Å². The number of para-hydroxylation sites is 1. The molecule has 1 heterocycles. The molecule has 0 amide bonds. The maximum absolute atomic E-state index is 12.0. The molecule has 28 heavy (non-hydrogen) atoms. The van der Waals surface area contributed by atoms with E-state index in [1.54, 1.807) is 4.31 Å². The van der Waals surface area contributed by atoms with Gasteiger partial charge in [0.25, 0.3) is 0 Å². The quantitative estimate of drug-likeness (QED) is 0.578. The summed E-state index contributed by atoms with van der Waals surface area (Å²) in [6.07, 6.45) is 3.03. The van der Waals surface area contributed by atoms with Crippen LogP contribution in [0.2, 0.25) is 0 Å². The first-order valence-electron chi connectivity index (χ1n) is 9.54. The minimum absolute atomic E-state index is 0.0443. The second kappa shape index (κ2) is 9.21. The van der Waals surface area contributed by atoms with Crippen LogP contribution in [0.25, 0.3) is 0 Å². The minimum atomic E-state index is -3.18. The molecule has 2 N–H and O–H groups in total. The molecule has 150 valence electrons. The van der Waals surface area contributed by atoms with E-state index in [-0.39, 0.29) is 6.04 Å². The van der Waals surface area contributed by atoms with Crippen LogP contribution in [0.3, 0.4) is 0 Å². The third-order valence-corrected chi connectivity index (χ3v) is 6.16. The molecule has 1 atom stereocenters. The molecule has 0 aliphatic carbocycles. The van der Waals surface area contributed by atoms with Gasteiger partial charge < -0.3 is 10.6 Å². The predicted molar refractivity (Wildman–Crippen MR) is 115 cm³/mol. The molecule has 2 aromatic rings. The molecule has 0 unspecified atom stereocenters. The number of nitrogens with one attached hydrogen (secondary N) is 2. The molecule has 1 aliphatic heterocycles. The molecule has 2 aromatic carbocycles. The fourth-order valence-corrected chi connectivity index (χ4v) is 4.51. The Bertz CT molecular complexity index is 896. The van der Waals surface area contributed by atoms with Crippen molar-refractivity contribution in [2.45, 2.75) is 32.4 Å². The largest absolute Gasteiger partial charge is 0.354 e. The smallest absolute Gasteiger partial charge is 0.211 e. The highest BCUT2D eigenvalue weighted by Crippen LogP contribution is 2.19. The van der Waals surface area contributed by atoms with Crippen LogP contribution in [0.4, 0.5) is 5.69 Å². The van der Waals surface area contributed by atoms with Crippen molar-refractivity contribution in [2.24, 2.45) is 4.99 Å². The molecule has 0 aromatic heterocycles. The van der Waals surface area contributed by atoms with Gasteiger partial charge in [-0.25, -0.2) is 13.4 Å². The second-order valence-electron chi connectivity index (χ2n) is 7.19. The summed E-state index contributed by atoms with van der Waals surface area (Å²) < 4.78 is 25.5. The highest BCUT2D eigenvalue weighted by molar-refractivity contribution is 7.88. The Hall–Kier alpha value is -2.38. The lowest BCUT2D eigenvalue weighted by Gasteiger charge is -2.23. The van der Waals surface area contributed by atoms with Crippen molar-refractivity contribution in [1.82, 2.24) is 9.62 Å². The van der Waals surface area contributed by atoms with Gasteiger partial charge in [0.05, 0.1) is 12.8 Å². The number of rotatable bonds is 6. The van der Waals surface area contributed by atoms with Crippen LogP contribution >= 0.6 is 0 Å². The van der Waals surface area contributed by atoms with Crippen LogP contribution in [0.15, 0.2) is 59.6 Å². The van der Waals surface area contributed by atoms with E-state index < -0.39 is 10.0 Å². The van der Waals surface area contributed by atoms with Crippen LogP contribution in [0.5, 0.6) is 0 Å². The maximum Gasteiger partial charge on any atom is 0.211 e. The Kier molecular flexibility index (Phi) is 6.70.